The van der Waals surface area contributed by atoms with Crippen LogP contribution >= 0.6 is 34.8 Å². The Morgan fingerprint density at radius 3 is 2.40 bits per heavy atom. The van der Waals surface area contributed by atoms with Gasteiger partial charge in [0.1, 0.15) is 5.75 Å². The minimum atomic E-state index is -0.131. The second-order valence-corrected chi connectivity index (χ2v) is 5.46. The fourth-order valence-corrected chi connectivity index (χ4v) is 2.40. The Balaban J connectivity index is 2.32. The maximum Gasteiger partial charge on any atom is 0.171 e. The van der Waals surface area contributed by atoms with Crippen molar-refractivity contribution < 1.29 is 9.53 Å². The van der Waals surface area contributed by atoms with Crippen molar-refractivity contribution in [1.29, 1.82) is 0 Å². The Kier molecular flexibility index (Phi) is 4.92. The molecule has 0 bridgehead atoms. The highest BCUT2D eigenvalue weighted by Crippen LogP contribution is 2.26. The first-order valence-electron chi connectivity index (χ1n) is 5.82. The third-order valence-corrected chi connectivity index (χ3v) is 3.66. The maximum atomic E-state index is 12.4. The lowest BCUT2D eigenvalue weighted by Crippen LogP contribution is -2.06. The number of ketones is 1. The van der Waals surface area contributed by atoms with Crippen molar-refractivity contribution in [2.45, 2.75) is 6.42 Å². The predicted molar refractivity (Wildman–Crippen MR) is 82.5 cm³/mol. The largest absolute Gasteiger partial charge is 0.496 e. The Morgan fingerprint density at radius 1 is 1.05 bits per heavy atom. The zero-order valence-electron chi connectivity index (χ0n) is 10.6. The van der Waals surface area contributed by atoms with Gasteiger partial charge in [-0.25, -0.2) is 0 Å². The predicted octanol–water partition coefficient (Wildman–Crippen LogP) is 5.08. The molecule has 0 aromatic heterocycles. The lowest BCUT2D eigenvalue weighted by Gasteiger charge is -2.09. The average molecular weight is 330 g/mol. The van der Waals surface area contributed by atoms with Crippen LogP contribution in [0.1, 0.15) is 15.9 Å². The minimum absolute atomic E-state index is 0.131. The normalized spacial score (nSPS) is 10.4. The quantitative estimate of drug-likeness (QED) is 0.731. The van der Waals surface area contributed by atoms with Crippen LogP contribution in [0.5, 0.6) is 5.75 Å². The molecule has 0 heterocycles. The summed E-state index contributed by atoms with van der Waals surface area (Å²) in [5.41, 5.74) is 1.10. The molecule has 0 saturated heterocycles. The number of carbonyl (C=O) groups is 1. The van der Waals surface area contributed by atoms with E-state index in [1.54, 1.807) is 36.4 Å². The van der Waals surface area contributed by atoms with Crippen molar-refractivity contribution in [3.63, 3.8) is 0 Å². The molecule has 0 atom stereocenters. The van der Waals surface area contributed by atoms with E-state index in [1.165, 1.54) is 7.11 Å². The molecule has 104 valence electrons. The van der Waals surface area contributed by atoms with Gasteiger partial charge in [0.25, 0.3) is 0 Å². The molecule has 2 nitrogen and oxygen atoms in total. The maximum absolute atomic E-state index is 12.4. The standard InChI is InChI=1S/C15H11Cl3O2/c1-20-15-5-3-11(17)8-12(15)14(19)7-9-6-10(16)2-4-13(9)18/h2-6,8H,7H2,1H3. The summed E-state index contributed by atoms with van der Waals surface area (Å²) in [6.07, 6.45) is 0.135. The highest BCUT2D eigenvalue weighted by atomic mass is 35.5. The smallest absolute Gasteiger partial charge is 0.171 e. The van der Waals surface area contributed by atoms with Gasteiger partial charge in [-0.3, -0.25) is 4.79 Å². The van der Waals surface area contributed by atoms with Crippen molar-refractivity contribution in [2.75, 3.05) is 7.11 Å². The van der Waals surface area contributed by atoms with Crippen LogP contribution in [-0.4, -0.2) is 12.9 Å². The molecule has 2 aromatic carbocycles. The van der Waals surface area contributed by atoms with E-state index in [-0.39, 0.29) is 12.2 Å². The number of Topliss-reactive ketones (excluding diaryl/α,β-unsaturated/α-hetero) is 1. The van der Waals surface area contributed by atoms with Gasteiger partial charge in [-0.1, -0.05) is 34.8 Å². The van der Waals surface area contributed by atoms with E-state index >= 15 is 0 Å². The van der Waals surface area contributed by atoms with Gasteiger partial charge in [-0.15, -0.1) is 0 Å². The summed E-state index contributed by atoms with van der Waals surface area (Å²) in [7, 11) is 1.51. The van der Waals surface area contributed by atoms with Crippen LogP contribution in [0.2, 0.25) is 15.1 Å². The SMILES string of the molecule is COc1ccc(Cl)cc1C(=O)Cc1cc(Cl)ccc1Cl. The molecule has 0 fully saturated rings. The number of hydrogen-bond acceptors (Lipinski definition) is 2. The topological polar surface area (TPSA) is 26.3 Å². The van der Waals surface area contributed by atoms with E-state index in [1.807, 2.05) is 0 Å². The number of rotatable bonds is 4. The van der Waals surface area contributed by atoms with Gasteiger partial charge < -0.3 is 4.74 Å². The van der Waals surface area contributed by atoms with E-state index in [9.17, 15) is 4.79 Å². The van der Waals surface area contributed by atoms with Gasteiger partial charge in [0, 0.05) is 21.5 Å². The van der Waals surface area contributed by atoms with Crippen molar-refractivity contribution in [3.05, 3.63) is 62.6 Å². The lowest BCUT2D eigenvalue weighted by molar-refractivity contribution is 0.0990. The van der Waals surface area contributed by atoms with Gasteiger partial charge >= 0.3 is 0 Å². The molecule has 0 aliphatic heterocycles. The molecule has 0 amide bonds. The molecule has 0 radical (unpaired) electrons. The Labute approximate surface area is 132 Å². The molecule has 0 unspecified atom stereocenters. The molecule has 0 spiro atoms. The van der Waals surface area contributed by atoms with Crippen LogP contribution in [0, 0.1) is 0 Å². The van der Waals surface area contributed by atoms with E-state index in [4.69, 9.17) is 39.5 Å². The highest BCUT2D eigenvalue weighted by Gasteiger charge is 2.15. The van der Waals surface area contributed by atoms with Crippen LogP contribution in [-0.2, 0) is 6.42 Å². The first-order valence-corrected chi connectivity index (χ1v) is 6.95. The van der Waals surface area contributed by atoms with E-state index < -0.39 is 0 Å². The third-order valence-electron chi connectivity index (χ3n) is 2.82. The van der Waals surface area contributed by atoms with E-state index in [0.29, 0.717) is 31.9 Å². The molecule has 2 aromatic rings. The average Bonchev–Trinajstić information content (AvgIpc) is 2.42. The summed E-state index contributed by atoms with van der Waals surface area (Å²) in [6, 6.07) is 9.94. The van der Waals surface area contributed by atoms with Gasteiger partial charge in [-0.2, -0.15) is 0 Å². The zero-order valence-corrected chi connectivity index (χ0v) is 12.9. The summed E-state index contributed by atoms with van der Waals surface area (Å²) in [6.45, 7) is 0. The number of methoxy groups -OCH3 is 1. The van der Waals surface area contributed by atoms with E-state index in [2.05, 4.69) is 0 Å². The molecule has 0 aliphatic carbocycles. The summed E-state index contributed by atoms with van der Waals surface area (Å²) >= 11 is 17.9. The van der Waals surface area contributed by atoms with Crippen molar-refractivity contribution in [2.24, 2.45) is 0 Å². The molecule has 0 aliphatic rings. The second-order valence-electron chi connectivity index (χ2n) is 4.18. The zero-order chi connectivity index (χ0) is 14.7. The third kappa shape index (κ3) is 3.45. The molecule has 5 heteroatoms. The van der Waals surface area contributed by atoms with Gasteiger partial charge in [0.05, 0.1) is 12.7 Å². The van der Waals surface area contributed by atoms with Gasteiger partial charge in [-0.05, 0) is 42.0 Å². The molecule has 20 heavy (non-hydrogen) atoms. The number of ether oxygens (including phenoxy) is 1. The van der Waals surface area contributed by atoms with E-state index in [0.717, 1.165) is 0 Å². The van der Waals surface area contributed by atoms with Crippen molar-refractivity contribution in [1.82, 2.24) is 0 Å². The van der Waals surface area contributed by atoms with Crippen LogP contribution < -0.4 is 4.74 Å². The summed E-state index contributed by atoms with van der Waals surface area (Å²) < 4.78 is 5.17. The summed E-state index contributed by atoms with van der Waals surface area (Å²) in [5, 5.41) is 1.52. The van der Waals surface area contributed by atoms with Gasteiger partial charge in [0.15, 0.2) is 5.78 Å². The minimum Gasteiger partial charge on any atom is -0.496 e. The van der Waals surface area contributed by atoms with Crippen LogP contribution in [0.15, 0.2) is 36.4 Å². The molecule has 2 rings (SSSR count). The van der Waals surface area contributed by atoms with Crippen molar-refractivity contribution in [3.8, 4) is 5.75 Å². The van der Waals surface area contributed by atoms with Crippen LogP contribution in [0.3, 0.4) is 0 Å². The van der Waals surface area contributed by atoms with Gasteiger partial charge in [0.2, 0.25) is 0 Å². The molecule has 0 saturated carbocycles. The first kappa shape index (κ1) is 15.2. The van der Waals surface area contributed by atoms with Crippen molar-refractivity contribution >= 4 is 40.6 Å². The Morgan fingerprint density at radius 2 is 1.70 bits per heavy atom. The molecular weight excluding hydrogens is 319 g/mol. The fourth-order valence-electron chi connectivity index (χ4n) is 1.85. The summed E-state index contributed by atoms with van der Waals surface area (Å²) in [4.78, 5) is 12.4. The number of hydrogen-bond donors (Lipinski definition) is 0. The number of benzene rings is 2. The monoisotopic (exact) mass is 328 g/mol. The number of carbonyl (C=O) groups excluding carboxylic acids is 1. The Bertz CT molecular complexity index is 654. The fraction of sp³-hybridized carbons (Fsp3) is 0.133. The Hall–Kier alpha value is -1.22. The molecular formula is C15H11Cl3O2. The van der Waals surface area contributed by atoms with Crippen LogP contribution in [0.4, 0.5) is 0 Å². The highest BCUT2D eigenvalue weighted by molar-refractivity contribution is 6.34. The lowest BCUT2D eigenvalue weighted by atomic mass is 10.0. The molecule has 0 N–H and O–H groups in total. The number of halogens is 3. The second kappa shape index (κ2) is 6.49. The first-order chi connectivity index (χ1) is 9.51. The summed E-state index contributed by atoms with van der Waals surface area (Å²) in [5.74, 6) is 0.353. The van der Waals surface area contributed by atoms with Crippen LogP contribution in [0.25, 0.3) is 0 Å².